The summed E-state index contributed by atoms with van der Waals surface area (Å²) in [6.45, 7) is 5.21. The highest BCUT2D eigenvalue weighted by Gasteiger charge is 2.20. The number of hydrogen-bond acceptors (Lipinski definition) is 2. The van der Waals surface area contributed by atoms with Gasteiger partial charge in [0.25, 0.3) is 0 Å². The second-order valence-electron chi connectivity index (χ2n) is 5.30. The quantitative estimate of drug-likeness (QED) is 0.720. The van der Waals surface area contributed by atoms with Crippen LogP contribution < -0.4 is 9.47 Å². The molecule has 0 saturated carbocycles. The average Bonchev–Trinajstić information content (AvgIpc) is 2.44. The van der Waals surface area contributed by atoms with Crippen LogP contribution in [0.2, 0.25) is 5.02 Å². The summed E-state index contributed by atoms with van der Waals surface area (Å²) < 4.78 is 11.1. The third-order valence-corrected chi connectivity index (χ3v) is 4.29. The van der Waals surface area contributed by atoms with Gasteiger partial charge in [0.1, 0.15) is 13.2 Å². The van der Waals surface area contributed by atoms with Crippen LogP contribution in [0, 0.1) is 13.8 Å². The van der Waals surface area contributed by atoms with Crippen molar-refractivity contribution in [3.8, 4) is 11.5 Å². The van der Waals surface area contributed by atoms with Gasteiger partial charge in [-0.3, -0.25) is 0 Å². The Morgan fingerprint density at radius 3 is 2.10 bits per heavy atom. The first-order valence-corrected chi connectivity index (χ1v) is 7.67. The minimum Gasteiger partial charge on any atom is -0.486 e. The van der Waals surface area contributed by atoms with Crippen molar-refractivity contribution in [3.05, 3.63) is 57.6 Å². The Bertz CT molecular complexity index is 662. The van der Waals surface area contributed by atoms with E-state index in [4.69, 9.17) is 32.7 Å². The normalized spacial score (nSPS) is 14.9. The van der Waals surface area contributed by atoms with E-state index in [1.807, 2.05) is 6.07 Å². The van der Waals surface area contributed by atoms with E-state index in [0.717, 1.165) is 11.1 Å². The highest BCUT2D eigenvalue weighted by Crippen LogP contribution is 2.41. The summed E-state index contributed by atoms with van der Waals surface area (Å²) in [4.78, 5) is 0. The predicted molar refractivity (Wildman–Crippen MR) is 86.1 cm³/mol. The van der Waals surface area contributed by atoms with Gasteiger partial charge in [-0.25, -0.2) is 0 Å². The lowest BCUT2D eigenvalue weighted by Crippen LogP contribution is -2.15. The van der Waals surface area contributed by atoms with Crippen molar-refractivity contribution in [2.75, 3.05) is 13.2 Å². The minimum absolute atomic E-state index is 0.313. The first-order valence-electron chi connectivity index (χ1n) is 6.86. The molecule has 1 unspecified atom stereocenters. The molecule has 1 heterocycles. The number of rotatable bonds is 2. The van der Waals surface area contributed by atoms with Crippen molar-refractivity contribution in [1.82, 2.24) is 0 Å². The van der Waals surface area contributed by atoms with Crippen molar-refractivity contribution >= 4 is 23.2 Å². The van der Waals surface area contributed by atoms with E-state index in [2.05, 4.69) is 32.0 Å². The van der Waals surface area contributed by atoms with Crippen molar-refractivity contribution in [3.63, 3.8) is 0 Å². The zero-order chi connectivity index (χ0) is 15.0. The van der Waals surface area contributed by atoms with Crippen molar-refractivity contribution in [2.45, 2.75) is 19.2 Å². The summed E-state index contributed by atoms with van der Waals surface area (Å²) in [5.74, 6) is 1.38. The molecule has 1 aliphatic rings. The maximum Gasteiger partial charge on any atom is 0.162 e. The van der Waals surface area contributed by atoms with Gasteiger partial charge in [-0.15, -0.1) is 11.6 Å². The number of aryl methyl sites for hydroxylation is 2. The summed E-state index contributed by atoms with van der Waals surface area (Å²) in [6.07, 6.45) is 0. The third-order valence-electron chi connectivity index (χ3n) is 3.47. The number of hydrogen-bond donors (Lipinski definition) is 0. The standard InChI is InChI=1S/C17H16Cl2O2/c1-10-5-11(2)7-12(6-10)17(19)13-8-15-16(9-14(13)18)21-4-3-20-15/h5-9,17H,3-4H2,1-2H3. The van der Waals surface area contributed by atoms with E-state index in [1.54, 1.807) is 6.07 Å². The molecule has 110 valence electrons. The number of ether oxygens (including phenoxy) is 2. The average molecular weight is 323 g/mol. The Balaban J connectivity index is 2.02. The van der Waals surface area contributed by atoms with Crippen LogP contribution in [-0.4, -0.2) is 13.2 Å². The first-order chi connectivity index (χ1) is 10.0. The zero-order valence-electron chi connectivity index (χ0n) is 12.0. The molecule has 0 radical (unpaired) electrons. The second kappa shape index (κ2) is 5.78. The first kappa shape index (κ1) is 14.6. The fraction of sp³-hybridized carbons (Fsp3) is 0.294. The molecular weight excluding hydrogens is 307 g/mol. The van der Waals surface area contributed by atoms with Gasteiger partial charge in [0.05, 0.1) is 5.38 Å². The van der Waals surface area contributed by atoms with Crippen LogP contribution in [0.1, 0.15) is 27.6 Å². The zero-order valence-corrected chi connectivity index (χ0v) is 13.5. The molecule has 3 rings (SSSR count). The number of halogens is 2. The van der Waals surface area contributed by atoms with Gasteiger partial charge in [0.2, 0.25) is 0 Å². The van der Waals surface area contributed by atoms with Gasteiger partial charge in [-0.1, -0.05) is 40.9 Å². The smallest absolute Gasteiger partial charge is 0.162 e. The van der Waals surface area contributed by atoms with Gasteiger partial charge in [-0.2, -0.15) is 0 Å². The number of fused-ring (bicyclic) bond motifs is 1. The Morgan fingerprint density at radius 2 is 1.48 bits per heavy atom. The molecule has 1 atom stereocenters. The van der Waals surface area contributed by atoms with Crippen LogP contribution in [0.5, 0.6) is 11.5 Å². The third kappa shape index (κ3) is 2.97. The molecule has 0 spiro atoms. The number of alkyl halides is 1. The summed E-state index contributed by atoms with van der Waals surface area (Å²) in [5, 5.41) is 0.283. The Morgan fingerprint density at radius 1 is 0.905 bits per heavy atom. The van der Waals surface area contributed by atoms with Crippen molar-refractivity contribution in [1.29, 1.82) is 0 Å². The van der Waals surface area contributed by atoms with E-state index < -0.39 is 0 Å². The fourth-order valence-electron chi connectivity index (χ4n) is 2.61. The van der Waals surface area contributed by atoms with Crippen LogP contribution in [0.15, 0.2) is 30.3 Å². The van der Waals surface area contributed by atoms with Crippen molar-refractivity contribution < 1.29 is 9.47 Å². The Labute approximate surface area is 134 Å². The molecule has 2 aromatic rings. The lowest BCUT2D eigenvalue weighted by atomic mass is 9.99. The van der Waals surface area contributed by atoms with Crippen LogP contribution in [0.25, 0.3) is 0 Å². The summed E-state index contributed by atoms with van der Waals surface area (Å²) in [5.41, 5.74) is 4.24. The van der Waals surface area contributed by atoms with Crippen LogP contribution >= 0.6 is 23.2 Å². The predicted octanol–water partition coefficient (Wildman–Crippen LogP) is 5.06. The monoisotopic (exact) mass is 322 g/mol. The summed E-state index contributed by atoms with van der Waals surface area (Å²) in [6, 6.07) is 9.95. The van der Waals surface area contributed by atoms with Crippen LogP contribution in [0.3, 0.4) is 0 Å². The van der Waals surface area contributed by atoms with Gasteiger partial charge in [0.15, 0.2) is 11.5 Å². The van der Waals surface area contributed by atoms with Crippen molar-refractivity contribution in [2.24, 2.45) is 0 Å². The maximum absolute atomic E-state index is 6.64. The van der Waals surface area contributed by atoms with E-state index >= 15 is 0 Å². The van der Waals surface area contributed by atoms with Gasteiger partial charge < -0.3 is 9.47 Å². The molecule has 1 aliphatic heterocycles. The second-order valence-corrected chi connectivity index (χ2v) is 6.14. The lowest BCUT2D eigenvalue weighted by molar-refractivity contribution is 0.171. The fourth-order valence-corrected chi connectivity index (χ4v) is 3.23. The molecule has 4 heteroatoms. The number of benzene rings is 2. The topological polar surface area (TPSA) is 18.5 Å². The van der Waals surface area contributed by atoms with E-state index in [0.29, 0.717) is 29.7 Å². The van der Waals surface area contributed by atoms with E-state index in [-0.39, 0.29) is 5.38 Å². The molecule has 21 heavy (non-hydrogen) atoms. The van der Waals surface area contributed by atoms with Crippen LogP contribution in [0.4, 0.5) is 0 Å². The van der Waals surface area contributed by atoms with E-state index in [9.17, 15) is 0 Å². The lowest BCUT2D eigenvalue weighted by Gasteiger charge is -2.21. The molecular formula is C17H16Cl2O2. The molecule has 0 fully saturated rings. The molecule has 0 bridgehead atoms. The molecule has 0 saturated heterocycles. The Kier molecular flexibility index (Phi) is 4.01. The molecule has 0 aliphatic carbocycles. The highest BCUT2D eigenvalue weighted by molar-refractivity contribution is 6.33. The van der Waals surface area contributed by atoms with E-state index in [1.165, 1.54) is 11.1 Å². The molecule has 2 aromatic carbocycles. The van der Waals surface area contributed by atoms with Gasteiger partial charge in [0, 0.05) is 11.1 Å². The SMILES string of the molecule is Cc1cc(C)cc(C(Cl)c2cc3c(cc2Cl)OCCO3)c1. The van der Waals surface area contributed by atoms with Crippen LogP contribution in [-0.2, 0) is 0 Å². The minimum atomic E-state index is -0.313. The molecule has 0 aromatic heterocycles. The molecule has 0 N–H and O–H groups in total. The maximum atomic E-state index is 6.64. The van der Waals surface area contributed by atoms with Gasteiger partial charge >= 0.3 is 0 Å². The molecule has 0 amide bonds. The largest absolute Gasteiger partial charge is 0.486 e. The Hall–Kier alpha value is -1.38. The summed E-state index contributed by atoms with van der Waals surface area (Å²) >= 11 is 13.0. The molecule has 2 nitrogen and oxygen atoms in total. The highest BCUT2D eigenvalue weighted by atomic mass is 35.5. The van der Waals surface area contributed by atoms with Gasteiger partial charge in [-0.05, 0) is 31.0 Å². The summed E-state index contributed by atoms with van der Waals surface area (Å²) in [7, 11) is 0.